The van der Waals surface area contributed by atoms with Crippen molar-refractivity contribution < 1.29 is 4.74 Å². The molecule has 18 heavy (non-hydrogen) atoms. The van der Waals surface area contributed by atoms with Crippen LogP contribution >= 0.6 is 12.2 Å². The van der Waals surface area contributed by atoms with E-state index >= 15 is 0 Å². The van der Waals surface area contributed by atoms with Crippen LogP contribution in [0.15, 0.2) is 24.3 Å². The van der Waals surface area contributed by atoms with E-state index in [0.717, 1.165) is 12.1 Å². The first-order valence-corrected chi connectivity index (χ1v) is 6.72. The predicted molar refractivity (Wildman–Crippen MR) is 81.2 cm³/mol. The van der Waals surface area contributed by atoms with E-state index < -0.39 is 0 Å². The number of thiocarbonyl (C=S) groups is 1. The molecule has 0 saturated carbocycles. The third-order valence-corrected chi connectivity index (χ3v) is 3.19. The van der Waals surface area contributed by atoms with Crippen molar-refractivity contribution in [2.24, 2.45) is 0 Å². The van der Waals surface area contributed by atoms with Gasteiger partial charge in [-0.2, -0.15) is 0 Å². The summed E-state index contributed by atoms with van der Waals surface area (Å²) in [7, 11) is 1.67. The van der Waals surface area contributed by atoms with Crippen molar-refractivity contribution in [3.63, 3.8) is 0 Å². The lowest BCUT2D eigenvalue weighted by Gasteiger charge is -2.12. The predicted octanol–water partition coefficient (Wildman–Crippen LogP) is 3.13. The van der Waals surface area contributed by atoms with Crippen LogP contribution in [0, 0.1) is 0 Å². The quantitative estimate of drug-likeness (QED) is 0.612. The Hall–Kier alpha value is -1.13. The molecular formula is C14H22N2OS. The van der Waals surface area contributed by atoms with Crippen molar-refractivity contribution in [1.29, 1.82) is 0 Å². The molecule has 2 N–H and O–H groups in total. The molecule has 0 amide bonds. The minimum atomic E-state index is 0.603. The molecule has 1 aromatic rings. The summed E-state index contributed by atoms with van der Waals surface area (Å²) < 4.78 is 4.95. The van der Waals surface area contributed by atoms with E-state index in [1.54, 1.807) is 7.11 Å². The van der Waals surface area contributed by atoms with Gasteiger partial charge in [-0.1, -0.05) is 26.0 Å². The number of anilines is 1. The molecule has 3 nitrogen and oxygen atoms in total. The minimum absolute atomic E-state index is 0.603. The summed E-state index contributed by atoms with van der Waals surface area (Å²) in [5, 5.41) is 6.85. The molecule has 1 rings (SSSR count). The molecule has 0 heterocycles. The van der Waals surface area contributed by atoms with Crippen LogP contribution < -0.4 is 10.6 Å². The van der Waals surface area contributed by atoms with E-state index in [1.165, 1.54) is 5.56 Å². The second-order valence-electron chi connectivity index (χ2n) is 4.31. The van der Waals surface area contributed by atoms with E-state index in [4.69, 9.17) is 17.0 Å². The largest absolute Gasteiger partial charge is 0.383 e. The highest BCUT2D eigenvalue weighted by Gasteiger charge is 2.02. The summed E-state index contributed by atoms with van der Waals surface area (Å²) in [5.74, 6) is 0.603. The fraction of sp³-hybridized carbons (Fsp3) is 0.500. The topological polar surface area (TPSA) is 33.3 Å². The van der Waals surface area contributed by atoms with Crippen LogP contribution in [0.5, 0.6) is 0 Å². The van der Waals surface area contributed by atoms with Crippen molar-refractivity contribution in [3.8, 4) is 0 Å². The molecular weight excluding hydrogens is 244 g/mol. The van der Waals surface area contributed by atoms with Crippen LogP contribution in [0.3, 0.4) is 0 Å². The van der Waals surface area contributed by atoms with Gasteiger partial charge in [0.15, 0.2) is 5.11 Å². The monoisotopic (exact) mass is 266 g/mol. The zero-order valence-corrected chi connectivity index (χ0v) is 12.1. The number of benzene rings is 1. The molecule has 1 unspecified atom stereocenters. The summed E-state index contributed by atoms with van der Waals surface area (Å²) in [5.41, 5.74) is 2.37. The highest BCUT2D eigenvalue weighted by Crippen LogP contribution is 2.20. The van der Waals surface area contributed by atoms with Crippen molar-refractivity contribution in [2.75, 3.05) is 25.6 Å². The van der Waals surface area contributed by atoms with Crippen molar-refractivity contribution >= 4 is 23.0 Å². The van der Waals surface area contributed by atoms with E-state index in [9.17, 15) is 0 Å². The van der Waals surface area contributed by atoms with E-state index in [1.807, 2.05) is 0 Å². The van der Waals surface area contributed by atoms with Crippen molar-refractivity contribution in [2.45, 2.75) is 26.2 Å². The molecule has 0 saturated heterocycles. The fourth-order valence-corrected chi connectivity index (χ4v) is 1.79. The summed E-state index contributed by atoms with van der Waals surface area (Å²) in [6.07, 6.45) is 1.16. The maximum atomic E-state index is 5.18. The minimum Gasteiger partial charge on any atom is -0.383 e. The lowest BCUT2D eigenvalue weighted by molar-refractivity contribution is 0.204. The first-order valence-electron chi connectivity index (χ1n) is 6.31. The highest BCUT2D eigenvalue weighted by atomic mass is 32.1. The number of hydrogen-bond acceptors (Lipinski definition) is 2. The van der Waals surface area contributed by atoms with Gasteiger partial charge >= 0.3 is 0 Å². The molecule has 1 aromatic carbocycles. The lowest BCUT2D eigenvalue weighted by atomic mass is 9.99. The van der Waals surface area contributed by atoms with E-state index in [0.29, 0.717) is 24.2 Å². The highest BCUT2D eigenvalue weighted by molar-refractivity contribution is 7.80. The average molecular weight is 266 g/mol. The molecule has 4 heteroatoms. The SMILES string of the molecule is CCC(C)c1ccc(NC(=S)NCCOC)cc1. The Morgan fingerprint density at radius 1 is 1.33 bits per heavy atom. The van der Waals surface area contributed by atoms with Crippen LogP contribution in [-0.2, 0) is 4.74 Å². The molecule has 100 valence electrons. The van der Waals surface area contributed by atoms with Crippen molar-refractivity contribution in [3.05, 3.63) is 29.8 Å². The first-order chi connectivity index (χ1) is 8.67. The van der Waals surface area contributed by atoms with Crippen LogP contribution in [0.2, 0.25) is 0 Å². The van der Waals surface area contributed by atoms with Crippen LogP contribution in [0.1, 0.15) is 31.7 Å². The summed E-state index contributed by atoms with van der Waals surface area (Å²) >= 11 is 5.18. The fourth-order valence-electron chi connectivity index (χ4n) is 1.57. The maximum Gasteiger partial charge on any atom is 0.170 e. The zero-order valence-electron chi connectivity index (χ0n) is 11.3. The number of ether oxygens (including phenoxy) is 1. The van der Waals surface area contributed by atoms with Crippen LogP contribution in [0.25, 0.3) is 0 Å². The molecule has 0 aliphatic rings. The molecule has 0 aliphatic heterocycles. The Kier molecular flexibility index (Phi) is 6.68. The molecule has 0 aromatic heterocycles. The number of rotatable bonds is 6. The third-order valence-electron chi connectivity index (χ3n) is 2.94. The number of hydrogen-bond donors (Lipinski definition) is 2. The van der Waals surface area contributed by atoms with Gasteiger partial charge in [0.2, 0.25) is 0 Å². The molecule has 0 aliphatic carbocycles. The number of methoxy groups -OCH3 is 1. The molecule has 0 spiro atoms. The van der Waals surface area contributed by atoms with Gasteiger partial charge in [-0.15, -0.1) is 0 Å². The second-order valence-corrected chi connectivity index (χ2v) is 4.71. The Morgan fingerprint density at radius 2 is 2.00 bits per heavy atom. The zero-order chi connectivity index (χ0) is 13.4. The molecule has 1 atom stereocenters. The van der Waals surface area contributed by atoms with Gasteiger partial charge in [0, 0.05) is 19.3 Å². The van der Waals surface area contributed by atoms with Gasteiger partial charge in [-0.3, -0.25) is 0 Å². The van der Waals surface area contributed by atoms with Gasteiger partial charge in [-0.05, 0) is 42.3 Å². The van der Waals surface area contributed by atoms with Crippen molar-refractivity contribution in [1.82, 2.24) is 5.32 Å². The summed E-state index contributed by atoms with van der Waals surface area (Å²) in [6, 6.07) is 8.42. The standard InChI is InChI=1S/C14H22N2OS/c1-4-11(2)12-5-7-13(8-6-12)16-14(18)15-9-10-17-3/h5-8,11H,4,9-10H2,1-3H3,(H2,15,16,18). The lowest BCUT2D eigenvalue weighted by Crippen LogP contribution is -2.31. The van der Waals surface area contributed by atoms with E-state index in [-0.39, 0.29) is 0 Å². The smallest absolute Gasteiger partial charge is 0.170 e. The van der Waals surface area contributed by atoms with Gasteiger partial charge in [0.25, 0.3) is 0 Å². The summed E-state index contributed by atoms with van der Waals surface area (Å²) in [4.78, 5) is 0. The Bertz CT molecular complexity index is 365. The van der Waals surface area contributed by atoms with E-state index in [2.05, 4.69) is 48.7 Å². The van der Waals surface area contributed by atoms with Crippen LogP contribution in [-0.4, -0.2) is 25.4 Å². The third kappa shape index (κ3) is 5.02. The molecule has 0 radical (unpaired) electrons. The van der Waals surface area contributed by atoms with Crippen LogP contribution in [0.4, 0.5) is 5.69 Å². The number of nitrogens with one attached hydrogen (secondary N) is 2. The van der Waals surface area contributed by atoms with Gasteiger partial charge in [0.1, 0.15) is 0 Å². The second kappa shape index (κ2) is 8.06. The van der Waals surface area contributed by atoms with Gasteiger partial charge in [-0.25, -0.2) is 0 Å². The Balaban J connectivity index is 2.45. The Labute approximate surface area is 115 Å². The summed E-state index contributed by atoms with van der Waals surface area (Å²) in [6.45, 7) is 5.80. The average Bonchev–Trinajstić information content (AvgIpc) is 2.39. The Morgan fingerprint density at radius 3 is 2.56 bits per heavy atom. The maximum absolute atomic E-state index is 5.18. The molecule has 0 fully saturated rings. The van der Waals surface area contributed by atoms with Gasteiger partial charge < -0.3 is 15.4 Å². The van der Waals surface area contributed by atoms with Gasteiger partial charge in [0.05, 0.1) is 6.61 Å². The normalized spacial score (nSPS) is 11.9. The first kappa shape index (κ1) is 14.9. The molecule has 0 bridgehead atoms.